The maximum Gasteiger partial charge on any atom is 0.0966 e. The lowest BCUT2D eigenvalue weighted by Gasteiger charge is -2.17. The summed E-state index contributed by atoms with van der Waals surface area (Å²) < 4.78 is 0. The van der Waals surface area contributed by atoms with Gasteiger partial charge in [0.25, 0.3) is 0 Å². The van der Waals surface area contributed by atoms with Gasteiger partial charge in [-0.25, -0.2) is 0 Å². The molecule has 0 aromatic heterocycles. The van der Waals surface area contributed by atoms with E-state index in [1.54, 1.807) is 0 Å². The van der Waals surface area contributed by atoms with E-state index in [2.05, 4.69) is 56.4 Å². The van der Waals surface area contributed by atoms with E-state index >= 15 is 0 Å². The first kappa shape index (κ1) is 16.4. The number of nitriles is 1. The van der Waals surface area contributed by atoms with Crippen LogP contribution in [0, 0.1) is 11.3 Å². The van der Waals surface area contributed by atoms with Gasteiger partial charge in [0, 0.05) is 23.4 Å². The van der Waals surface area contributed by atoms with E-state index in [1.165, 1.54) is 36.8 Å². The average Bonchev–Trinajstić information content (AvgIpc) is 3.41. The third-order valence-electron chi connectivity index (χ3n) is 4.18. The van der Waals surface area contributed by atoms with Crippen LogP contribution >= 0.6 is 0 Å². The van der Waals surface area contributed by atoms with Crippen LogP contribution in [-0.2, 0) is 0 Å². The number of dihydropyridines is 1. The summed E-state index contributed by atoms with van der Waals surface area (Å²) in [7, 11) is 0. The summed E-state index contributed by atoms with van der Waals surface area (Å²) in [5.74, 6) is 0.795. The Kier molecular flexibility index (Phi) is 5.83. The molecule has 2 heteroatoms. The molecule has 2 nitrogen and oxygen atoms in total. The lowest BCUT2D eigenvalue weighted by molar-refractivity contribution is 0.876. The molecule has 0 spiro atoms. The first-order valence-electron chi connectivity index (χ1n) is 8.35. The smallest absolute Gasteiger partial charge is 0.0966 e. The van der Waals surface area contributed by atoms with Gasteiger partial charge in [-0.1, -0.05) is 51.0 Å². The second-order valence-corrected chi connectivity index (χ2v) is 6.07. The highest BCUT2D eigenvalue weighted by molar-refractivity contribution is 5.79. The van der Waals surface area contributed by atoms with E-state index in [4.69, 9.17) is 5.26 Å². The molecule has 1 aromatic carbocycles. The molecular formula is C20H26N2. The van der Waals surface area contributed by atoms with Gasteiger partial charge in [0.2, 0.25) is 0 Å². The molecule has 1 heterocycles. The maximum absolute atomic E-state index is 8.99. The van der Waals surface area contributed by atoms with E-state index in [-0.39, 0.29) is 0 Å². The molecule has 0 amide bonds. The van der Waals surface area contributed by atoms with Gasteiger partial charge >= 0.3 is 0 Å². The Morgan fingerprint density at radius 1 is 1.14 bits per heavy atom. The summed E-state index contributed by atoms with van der Waals surface area (Å²) in [6.45, 7) is 7.07. The Morgan fingerprint density at radius 3 is 2.27 bits per heavy atom. The summed E-state index contributed by atoms with van der Waals surface area (Å²) in [4.78, 5) is 0. The fourth-order valence-electron chi connectivity index (χ4n) is 2.38. The average molecular weight is 294 g/mol. The molecule has 0 saturated heterocycles. The van der Waals surface area contributed by atoms with Crippen molar-refractivity contribution in [1.82, 2.24) is 5.32 Å². The zero-order valence-electron chi connectivity index (χ0n) is 13.9. The van der Waals surface area contributed by atoms with Crippen LogP contribution in [0.25, 0.3) is 5.57 Å². The number of hydrogen-bond donors (Lipinski definition) is 1. The number of rotatable bonds is 3. The molecule has 0 radical (unpaired) electrons. The van der Waals surface area contributed by atoms with Crippen molar-refractivity contribution in [3.63, 3.8) is 0 Å². The molecule has 2 aliphatic rings. The molecule has 0 atom stereocenters. The number of allylic oxidation sites excluding steroid dienone is 3. The summed E-state index contributed by atoms with van der Waals surface area (Å²) in [6, 6.07) is 11.0. The quantitative estimate of drug-likeness (QED) is 0.836. The Morgan fingerprint density at radius 2 is 1.77 bits per heavy atom. The van der Waals surface area contributed by atoms with Crippen molar-refractivity contribution in [1.29, 1.82) is 5.26 Å². The summed E-state index contributed by atoms with van der Waals surface area (Å²) in [6.07, 6.45) is 7.31. The number of nitrogens with one attached hydrogen (secondary N) is 1. The van der Waals surface area contributed by atoms with Crippen LogP contribution in [0.15, 0.2) is 41.6 Å². The van der Waals surface area contributed by atoms with E-state index in [0.29, 0.717) is 6.54 Å². The van der Waals surface area contributed by atoms with Crippen LogP contribution in [-0.4, -0.2) is 6.54 Å². The fraction of sp³-hybridized carbons (Fsp3) is 0.450. The molecule has 22 heavy (non-hydrogen) atoms. The number of hydrogen-bond acceptors (Lipinski definition) is 2. The molecule has 1 N–H and O–H groups in total. The van der Waals surface area contributed by atoms with E-state index < -0.39 is 0 Å². The lowest BCUT2D eigenvalue weighted by Crippen LogP contribution is -2.19. The summed E-state index contributed by atoms with van der Waals surface area (Å²) in [5.41, 5.74) is 5.72. The van der Waals surface area contributed by atoms with Crippen molar-refractivity contribution in [2.24, 2.45) is 0 Å². The van der Waals surface area contributed by atoms with Gasteiger partial charge in [0.05, 0.1) is 6.07 Å². The Balaban J connectivity index is 0.000000396. The van der Waals surface area contributed by atoms with Crippen LogP contribution in [0.1, 0.15) is 63.5 Å². The molecule has 3 rings (SSSR count). The monoisotopic (exact) mass is 294 g/mol. The van der Waals surface area contributed by atoms with Crippen LogP contribution < -0.4 is 5.32 Å². The van der Waals surface area contributed by atoms with Gasteiger partial charge in [-0.3, -0.25) is 0 Å². The highest BCUT2D eigenvalue weighted by atomic mass is 14.9. The number of nitrogens with zero attached hydrogens (tertiary/aromatic N) is 1. The van der Waals surface area contributed by atoms with Gasteiger partial charge < -0.3 is 5.32 Å². The maximum atomic E-state index is 8.99. The molecule has 116 valence electrons. The van der Waals surface area contributed by atoms with Crippen molar-refractivity contribution < 1.29 is 0 Å². The van der Waals surface area contributed by atoms with E-state index in [1.807, 2.05) is 6.08 Å². The normalized spacial score (nSPS) is 16.9. The van der Waals surface area contributed by atoms with Gasteiger partial charge in [0.1, 0.15) is 0 Å². The van der Waals surface area contributed by atoms with Crippen LogP contribution in [0.2, 0.25) is 0 Å². The Labute approximate surface area is 134 Å². The molecular weight excluding hydrogens is 268 g/mol. The van der Waals surface area contributed by atoms with Crippen molar-refractivity contribution in [2.45, 2.75) is 52.4 Å². The standard InChI is InChI=1S/C16H16N2.C4H10/c1-11-16(8-12(9-17)10-18-11)15-6-4-14(5-7-15)13-2-3-13;1-3-4-2/h4-8,13,18H,2-3,10H2,1H3;3-4H2,1-2H3. The first-order valence-corrected chi connectivity index (χ1v) is 8.35. The van der Waals surface area contributed by atoms with Gasteiger partial charge in [-0.05, 0) is 42.9 Å². The van der Waals surface area contributed by atoms with Crippen molar-refractivity contribution in [2.75, 3.05) is 6.54 Å². The highest BCUT2D eigenvalue weighted by Gasteiger charge is 2.23. The van der Waals surface area contributed by atoms with Crippen LogP contribution in [0.4, 0.5) is 0 Å². The van der Waals surface area contributed by atoms with E-state index in [9.17, 15) is 0 Å². The largest absolute Gasteiger partial charge is 0.383 e. The van der Waals surface area contributed by atoms with Gasteiger partial charge in [-0.15, -0.1) is 0 Å². The zero-order chi connectivity index (χ0) is 15.9. The number of unbranched alkanes of at least 4 members (excludes halogenated alkanes) is 1. The highest BCUT2D eigenvalue weighted by Crippen LogP contribution is 2.40. The second-order valence-electron chi connectivity index (χ2n) is 6.07. The minimum Gasteiger partial charge on any atom is -0.383 e. The Hall–Kier alpha value is -2.01. The molecule has 1 aromatic rings. The van der Waals surface area contributed by atoms with Crippen LogP contribution in [0.3, 0.4) is 0 Å². The minimum atomic E-state index is 0.645. The minimum absolute atomic E-state index is 0.645. The first-order chi connectivity index (χ1) is 10.7. The third kappa shape index (κ3) is 4.24. The van der Waals surface area contributed by atoms with Crippen LogP contribution in [0.5, 0.6) is 0 Å². The van der Waals surface area contributed by atoms with Crippen molar-refractivity contribution in [3.8, 4) is 6.07 Å². The van der Waals surface area contributed by atoms with Gasteiger partial charge in [-0.2, -0.15) is 5.26 Å². The Bertz CT molecular complexity index is 594. The zero-order valence-corrected chi connectivity index (χ0v) is 13.9. The molecule has 1 fully saturated rings. The molecule has 1 saturated carbocycles. The topological polar surface area (TPSA) is 35.8 Å². The summed E-state index contributed by atoms with van der Waals surface area (Å²) >= 11 is 0. The molecule has 0 unspecified atom stereocenters. The molecule has 1 aliphatic carbocycles. The van der Waals surface area contributed by atoms with E-state index in [0.717, 1.165) is 22.8 Å². The number of benzene rings is 1. The summed E-state index contributed by atoms with van der Waals surface area (Å²) in [5, 5.41) is 12.3. The molecule has 0 bridgehead atoms. The second kappa shape index (κ2) is 7.84. The molecule has 1 aliphatic heterocycles. The van der Waals surface area contributed by atoms with Crippen molar-refractivity contribution >= 4 is 5.57 Å². The van der Waals surface area contributed by atoms with Crippen molar-refractivity contribution in [3.05, 3.63) is 52.7 Å². The predicted octanol–water partition coefficient (Wildman–Crippen LogP) is 5.15. The van der Waals surface area contributed by atoms with Gasteiger partial charge in [0.15, 0.2) is 0 Å². The predicted molar refractivity (Wildman–Crippen MR) is 93.3 cm³/mol. The fourth-order valence-corrected chi connectivity index (χ4v) is 2.38. The lowest BCUT2D eigenvalue weighted by atomic mass is 9.97. The SMILES string of the molecule is CC1=C(c2ccc(C3CC3)cc2)C=C(C#N)CN1.CCCC. The third-order valence-corrected chi connectivity index (χ3v) is 4.18.